The molecular weight excluding hydrogens is 474 g/mol. The molecule has 0 aromatic heterocycles. The molecule has 36 heavy (non-hydrogen) atoms. The van der Waals surface area contributed by atoms with Crippen molar-refractivity contribution in [2.75, 3.05) is 17.6 Å². The Morgan fingerprint density at radius 2 is 1.81 bits per heavy atom. The molecule has 0 bridgehead atoms. The Kier molecular flexibility index (Phi) is 10.3. The van der Waals surface area contributed by atoms with Crippen molar-refractivity contribution in [2.24, 2.45) is 0 Å². The lowest BCUT2D eigenvalue weighted by atomic mass is 10.00. The summed E-state index contributed by atoms with van der Waals surface area (Å²) in [5.74, 6) is -0.898. The van der Waals surface area contributed by atoms with Crippen molar-refractivity contribution < 1.29 is 19.1 Å². The van der Waals surface area contributed by atoms with E-state index < -0.39 is 35.6 Å². The van der Waals surface area contributed by atoms with Crippen molar-refractivity contribution in [3.8, 4) is 0 Å². The summed E-state index contributed by atoms with van der Waals surface area (Å²) < 4.78 is 5.31. The second kappa shape index (κ2) is 13.0. The third-order valence-corrected chi connectivity index (χ3v) is 5.57. The van der Waals surface area contributed by atoms with Gasteiger partial charge in [-0.25, -0.2) is 4.79 Å². The number of hydrogen-bond acceptors (Lipinski definition) is 5. The van der Waals surface area contributed by atoms with E-state index in [4.69, 9.17) is 4.74 Å². The summed E-state index contributed by atoms with van der Waals surface area (Å²) in [5.41, 5.74) is 2.16. The lowest BCUT2D eigenvalue weighted by molar-refractivity contribution is -0.139. The fraction of sp³-hybridized carbons (Fsp3) is 0.321. The molecule has 0 saturated heterocycles. The molecule has 2 aromatic rings. The number of ether oxygens (including phenoxy) is 1. The molecule has 0 aliphatic carbocycles. The predicted octanol–water partition coefficient (Wildman–Crippen LogP) is 5.16. The number of rotatable bonds is 10. The molecule has 0 radical (unpaired) electrons. The number of carbonyl (C=O) groups is 3. The van der Waals surface area contributed by atoms with Gasteiger partial charge in [-0.2, -0.15) is 12.6 Å². The summed E-state index contributed by atoms with van der Waals surface area (Å²) in [5, 5.41) is 5.52. The van der Waals surface area contributed by atoms with Gasteiger partial charge in [0.1, 0.15) is 17.7 Å². The van der Waals surface area contributed by atoms with Crippen LogP contribution >= 0.6 is 12.6 Å². The van der Waals surface area contributed by atoms with E-state index in [-0.39, 0.29) is 12.3 Å². The summed E-state index contributed by atoms with van der Waals surface area (Å²) in [6.07, 6.45) is 2.45. The average Bonchev–Trinajstić information content (AvgIpc) is 2.82. The molecule has 192 valence electrons. The van der Waals surface area contributed by atoms with E-state index in [9.17, 15) is 14.4 Å². The number of aryl methyl sites for hydroxylation is 1. The van der Waals surface area contributed by atoms with Crippen LogP contribution in [0, 0.1) is 6.92 Å². The highest BCUT2D eigenvalue weighted by atomic mass is 32.1. The van der Waals surface area contributed by atoms with Crippen molar-refractivity contribution in [3.05, 3.63) is 84.5 Å². The van der Waals surface area contributed by atoms with E-state index >= 15 is 0 Å². The fourth-order valence-electron chi connectivity index (χ4n) is 3.54. The Morgan fingerprint density at radius 1 is 1.11 bits per heavy atom. The number of anilines is 1. The number of amides is 3. The van der Waals surface area contributed by atoms with Gasteiger partial charge in [0, 0.05) is 18.0 Å². The topological polar surface area (TPSA) is 87.7 Å². The number of para-hydroxylation sites is 1. The van der Waals surface area contributed by atoms with Crippen LogP contribution in [-0.2, 0) is 14.3 Å². The largest absolute Gasteiger partial charge is 0.444 e. The summed E-state index contributed by atoms with van der Waals surface area (Å²) in [6.45, 7) is 14.7. The monoisotopic (exact) mass is 509 g/mol. The highest BCUT2D eigenvalue weighted by molar-refractivity contribution is 7.80. The number of nitrogens with zero attached hydrogens (tertiary/aromatic N) is 1. The van der Waals surface area contributed by atoms with Crippen molar-refractivity contribution >= 4 is 42.3 Å². The molecule has 7 nitrogen and oxygen atoms in total. The lowest BCUT2D eigenvalue weighted by Crippen LogP contribution is -2.53. The SMILES string of the molecule is C=CCN(C(=O)C(CS)NC(=O)OC(C)(C)C)C(C(=O)Nc1ccccc1C)c1cccc(C=C)c1. The summed E-state index contributed by atoms with van der Waals surface area (Å²) in [6, 6.07) is 12.6. The van der Waals surface area contributed by atoms with Crippen LogP contribution in [0.3, 0.4) is 0 Å². The van der Waals surface area contributed by atoms with Gasteiger partial charge in [0.15, 0.2) is 0 Å². The van der Waals surface area contributed by atoms with E-state index in [2.05, 4.69) is 36.4 Å². The maximum atomic E-state index is 13.7. The number of thiol groups is 1. The smallest absolute Gasteiger partial charge is 0.408 e. The first-order valence-corrected chi connectivity index (χ1v) is 12.2. The zero-order valence-electron chi connectivity index (χ0n) is 21.3. The molecule has 2 unspecified atom stereocenters. The van der Waals surface area contributed by atoms with Gasteiger partial charge in [-0.15, -0.1) is 6.58 Å². The molecule has 8 heteroatoms. The summed E-state index contributed by atoms with van der Waals surface area (Å²) in [4.78, 5) is 41.2. The minimum atomic E-state index is -1.03. The summed E-state index contributed by atoms with van der Waals surface area (Å²) in [7, 11) is 0. The molecule has 2 N–H and O–H groups in total. The molecule has 0 fully saturated rings. The van der Waals surface area contributed by atoms with Crippen LogP contribution in [0.15, 0.2) is 67.8 Å². The van der Waals surface area contributed by atoms with Crippen molar-refractivity contribution in [1.82, 2.24) is 10.2 Å². The van der Waals surface area contributed by atoms with Gasteiger partial charge in [-0.05, 0) is 56.5 Å². The number of nitrogens with one attached hydrogen (secondary N) is 2. The molecule has 0 aliphatic rings. The Bertz CT molecular complexity index is 1110. The van der Waals surface area contributed by atoms with Gasteiger partial charge >= 0.3 is 6.09 Å². The predicted molar refractivity (Wildman–Crippen MR) is 148 cm³/mol. The van der Waals surface area contributed by atoms with Crippen LogP contribution in [0.4, 0.5) is 10.5 Å². The van der Waals surface area contributed by atoms with Crippen LogP contribution in [0.2, 0.25) is 0 Å². The van der Waals surface area contributed by atoms with Crippen molar-refractivity contribution in [1.29, 1.82) is 0 Å². The first-order valence-electron chi connectivity index (χ1n) is 11.6. The number of hydrogen-bond donors (Lipinski definition) is 3. The Morgan fingerprint density at radius 3 is 2.39 bits per heavy atom. The number of alkyl carbamates (subject to hydrolysis) is 1. The Hall–Kier alpha value is -3.52. The number of benzene rings is 2. The molecule has 0 saturated carbocycles. The molecule has 2 rings (SSSR count). The molecule has 0 heterocycles. The second-order valence-corrected chi connectivity index (χ2v) is 9.61. The van der Waals surface area contributed by atoms with Crippen LogP contribution in [0.1, 0.15) is 43.5 Å². The van der Waals surface area contributed by atoms with E-state index in [1.165, 1.54) is 11.0 Å². The molecular formula is C28H35N3O4S. The van der Waals surface area contributed by atoms with Crippen molar-refractivity contribution in [3.63, 3.8) is 0 Å². The van der Waals surface area contributed by atoms with Gasteiger partial charge in [-0.3, -0.25) is 9.59 Å². The fourth-order valence-corrected chi connectivity index (χ4v) is 3.79. The molecule has 3 amide bonds. The van der Waals surface area contributed by atoms with E-state index in [0.29, 0.717) is 11.3 Å². The zero-order valence-corrected chi connectivity index (χ0v) is 22.2. The standard InChI is InChI=1S/C28H35N3O4S/c1-7-16-31(26(33)23(18-36)30-27(34)35-28(4,5)6)24(21-14-11-13-20(8-2)17-21)25(32)29-22-15-10-9-12-19(22)3/h7-15,17,23-24,36H,1-2,16,18H2,3-6H3,(H,29,32)(H,30,34). The highest BCUT2D eigenvalue weighted by Crippen LogP contribution is 2.26. The lowest BCUT2D eigenvalue weighted by Gasteiger charge is -2.33. The third kappa shape index (κ3) is 8.02. The normalized spacial score (nSPS) is 12.6. The average molecular weight is 510 g/mol. The van der Waals surface area contributed by atoms with Gasteiger partial charge in [-0.1, -0.05) is 55.1 Å². The van der Waals surface area contributed by atoms with E-state index in [1.54, 1.807) is 51.1 Å². The Balaban J connectivity index is 2.49. The van der Waals surface area contributed by atoms with Crippen LogP contribution in [-0.4, -0.2) is 46.7 Å². The molecule has 0 spiro atoms. The minimum absolute atomic E-state index is 0.00451. The van der Waals surface area contributed by atoms with Gasteiger partial charge in [0.25, 0.3) is 5.91 Å². The van der Waals surface area contributed by atoms with E-state index in [0.717, 1.165) is 11.1 Å². The van der Waals surface area contributed by atoms with Gasteiger partial charge in [0.2, 0.25) is 5.91 Å². The summed E-state index contributed by atoms with van der Waals surface area (Å²) >= 11 is 4.28. The number of carbonyl (C=O) groups excluding carboxylic acids is 3. The van der Waals surface area contributed by atoms with Crippen LogP contribution in [0.5, 0.6) is 0 Å². The van der Waals surface area contributed by atoms with E-state index in [1.807, 2.05) is 31.2 Å². The molecule has 2 atom stereocenters. The second-order valence-electron chi connectivity index (χ2n) is 9.24. The first-order chi connectivity index (χ1) is 17.0. The Labute approximate surface area is 219 Å². The highest BCUT2D eigenvalue weighted by Gasteiger charge is 2.35. The molecule has 0 aliphatic heterocycles. The van der Waals surface area contributed by atoms with Crippen LogP contribution in [0.25, 0.3) is 6.08 Å². The molecule has 2 aromatic carbocycles. The minimum Gasteiger partial charge on any atom is -0.444 e. The third-order valence-electron chi connectivity index (χ3n) is 5.21. The van der Waals surface area contributed by atoms with Crippen molar-refractivity contribution in [2.45, 2.75) is 45.4 Å². The zero-order chi connectivity index (χ0) is 26.9. The maximum absolute atomic E-state index is 13.7. The van der Waals surface area contributed by atoms with Crippen LogP contribution < -0.4 is 10.6 Å². The quantitative estimate of drug-likeness (QED) is 0.305. The van der Waals surface area contributed by atoms with Gasteiger partial charge < -0.3 is 20.3 Å². The first kappa shape index (κ1) is 28.7. The van der Waals surface area contributed by atoms with Gasteiger partial charge in [0.05, 0.1) is 0 Å². The maximum Gasteiger partial charge on any atom is 0.408 e.